The quantitative estimate of drug-likeness (QED) is 0.504. The number of anilines is 1. The van der Waals surface area contributed by atoms with Crippen LogP contribution in [0.4, 0.5) is 5.00 Å². The maximum Gasteiger partial charge on any atom is 0.341 e. The Kier molecular flexibility index (Phi) is 8.75. The van der Waals surface area contributed by atoms with Crippen LogP contribution in [0.25, 0.3) is 0 Å². The lowest BCUT2D eigenvalue weighted by atomic mass is 10.1. The van der Waals surface area contributed by atoms with Crippen LogP contribution in [0, 0.1) is 6.92 Å². The highest BCUT2D eigenvalue weighted by molar-refractivity contribution is 7.18. The Balaban J connectivity index is 1.57. The van der Waals surface area contributed by atoms with Gasteiger partial charge < -0.3 is 19.9 Å². The molecule has 2 amide bonds. The SMILES string of the molecule is CCOC(=O)c1c(NC(=O)CN2CCN(Cc3nc(C(C)C)no3)CC2)sc(C(=O)NC)c1C. The summed E-state index contributed by atoms with van der Waals surface area (Å²) in [5.74, 6) is 0.402. The summed E-state index contributed by atoms with van der Waals surface area (Å²) < 4.78 is 10.5. The third kappa shape index (κ3) is 6.19. The molecule has 0 aliphatic carbocycles. The zero-order valence-electron chi connectivity index (χ0n) is 20.3. The molecule has 0 spiro atoms. The number of aromatic nitrogens is 2. The Morgan fingerprint density at radius 2 is 1.85 bits per heavy atom. The summed E-state index contributed by atoms with van der Waals surface area (Å²) in [5, 5.41) is 9.70. The second-order valence-electron chi connectivity index (χ2n) is 8.36. The Morgan fingerprint density at radius 3 is 2.44 bits per heavy atom. The fourth-order valence-corrected chi connectivity index (χ4v) is 4.77. The molecule has 3 rings (SSSR count). The van der Waals surface area contributed by atoms with E-state index < -0.39 is 5.97 Å². The molecule has 1 aliphatic heterocycles. The highest BCUT2D eigenvalue weighted by Gasteiger charge is 2.27. The molecular formula is C22H32N6O5S. The zero-order valence-corrected chi connectivity index (χ0v) is 21.1. The number of nitrogens with zero attached hydrogens (tertiary/aromatic N) is 4. The Morgan fingerprint density at radius 1 is 1.18 bits per heavy atom. The van der Waals surface area contributed by atoms with Gasteiger partial charge in [0, 0.05) is 39.1 Å². The number of carbonyl (C=O) groups is 3. The van der Waals surface area contributed by atoms with E-state index in [4.69, 9.17) is 9.26 Å². The van der Waals surface area contributed by atoms with E-state index in [1.807, 2.05) is 18.7 Å². The lowest BCUT2D eigenvalue weighted by Gasteiger charge is -2.33. The summed E-state index contributed by atoms with van der Waals surface area (Å²) in [7, 11) is 1.52. The number of nitrogens with one attached hydrogen (secondary N) is 2. The lowest BCUT2D eigenvalue weighted by Crippen LogP contribution is -2.48. The van der Waals surface area contributed by atoms with Crippen LogP contribution >= 0.6 is 11.3 Å². The third-order valence-corrected chi connectivity index (χ3v) is 6.71. The van der Waals surface area contributed by atoms with Crippen molar-refractivity contribution in [1.82, 2.24) is 25.3 Å². The van der Waals surface area contributed by atoms with Crippen LogP contribution in [0.3, 0.4) is 0 Å². The Hall–Kier alpha value is -2.83. The van der Waals surface area contributed by atoms with Crippen molar-refractivity contribution in [2.45, 2.75) is 40.2 Å². The summed E-state index contributed by atoms with van der Waals surface area (Å²) in [4.78, 5) is 46.5. The van der Waals surface area contributed by atoms with Crippen LogP contribution in [-0.2, 0) is 16.1 Å². The first-order chi connectivity index (χ1) is 16.2. The molecule has 34 heavy (non-hydrogen) atoms. The van der Waals surface area contributed by atoms with Crippen LogP contribution in [0.5, 0.6) is 0 Å². The van der Waals surface area contributed by atoms with Crippen molar-refractivity contribution in [2.75, 3.05) is 51.7 Å². The number of hydrogen-bond acceptors (Lipinski definition) is 10. The highest BCUT2D eigenvalue weighted by Crippen LogP contribution is 2.33. The fraction of sp³-hybridized carbons (Fsp3) is 0.591. The van der Waals surface area contributed by atoms with Crippen molar-refractivity contribution < 1.29 is 23.6 Å². The molecule has 2 aromatic heterocycles. The lowest BCUT2D eigenvalue weighted by molar-refractivity contribution is -0.117. The summed E-state index contributed by atoms with van der Waals surface area (Å²) in [5.41, 5.74) is 0.720. The molecular weight excluding hydrogens is 460 g/mol. The molecule has 1 fully saturated rings. The molecule has 2 N–H and O–H groups in total. The predicted octanol–water partition coefficient (Wildman–Crippen LogP) is 1.86. The minimum absolute atomic E-state index is 0.181. The highest BCUT2D eigenvalue weighted by atomic mass is 32.1. The van der Waals surface area contributed by atoms with E-state index in [-0.39, 0.29) is 36.4 Å². The number of rotatable bonds is 9. The van der Waals surface area contributed by atoms with Gasteiger partial charge >= 0.3 is 5.97 Å². The molecule has 0 atom stereocenters. The molecule has 186 valence electrons. The number of hydrogen-bond donors (Lipinski definition) is 2. The van der Waals surface area contributed by atoms with E-state index in [2.05, 4.69) is 25.7 Å². The molecule has 0 unspecified atom stereocenters. The molecule has 2 aromatic rings. The van der Waals surface area contributed by atoms with Crippen molar-refractivity contribution in [3.8, 4) is 0 Å². The standard InChI is InChI=1S/C22H32N6O5S/c1-6-32-22(31)17-14(4)18(20(30)23-5)34-21(17)24-15(29)11-27-7-9-28(10-8-27)12-16-25-19(13(2)3)26-33-16/h13H,6-12H2,1-5H3,(H,23,30)(H,24,29). The van der Waals surface area contributed by atoms with Gasteiger partial charge in [0.05, 0.1) is 30.1 Å². The van der Waals surface area contributed by atoms with Gasteiger partial charge in [0.25, 0.3) is 5.91 Å². The van der Waals surface area contributed by atoms with Gasteiger partial charge in [0.15, 0.2) is 5.82 Å². The van der Waals surface area contributed by atoms with Gasteiger partial charge in [-0.2, -0.15) is 4.98 Å². The van der Waals surface area contributed by atoms with Crippen molar-refractivity contribution in [2.24, 2.45) is 0 Å². The van der Waals surface area contributed by atoms with Crippen LogP contribution in [0.1, 0.15) is 64.0 Å². The van der Waals surface area contributed by atoms with E-state index in [0.717, 1.165) is 24.4 Å². The number of carbonyl (C=O) groups excluding carboxylic acids is 3. The van der Waals surface area contributed by atoms with Crippen molar-refractivity contribution in [3.05, 3.63) is 27.7 Å². The molecule has 11 nitrogen and oxygen atoms in total. The zero-order chi connectivity index (χ0) is 24.8. The second-order valence-corrected chi connectivity index (χ2v) is 9.38. The summed E-state index contributed by atoms with van der Waals surface area (Å²) in [6, 6.07) is 0. The van der Waals surface area contributed by atoms with Gasteiger partial charge in [0.2, 0.25) is 11.8 Å². The van der Waals surface area contributed by atoms with Gasteiger partial charge in [0.1, 0.15) is 5.00 Å². The van der Waals surface area contributed by atoms with Crippen molar-refractivity contribution in [3.63, 3.8) is 0 Å². The minimum Gasteiger partial charge on any atom is -0.462 e. The first-order valence-electron chi connectivity index (χ1n) is 11.3. The number of amides is 2. The fourth-order valence-electron chi connectivity index (χ4n) is 3.61. The first-order valence-corrected chi connectivity index (χ1v) is 12.1. The number of esters is 1. The second kappa shape index (κ2) is 11.5. The van der Waals surface area contributed by atoms with Gasteiger partial charge in [-0.25, -0.2) is 4.79 Å². The Bertz CT molecular complexity index is 1030. The van der Waals surface area contributed by atoms with Crippen molar-refractivity contribution in [1.29, 1.82) is 0 Å². The van der Waals surface area contributed by atoms with Gasteiger partial charge in [-0.05, 0) is 19.4 Å². The number of ether oxygens (including phenoxy) is 1. The van der Waals surface area contributed by atoms with E-state index >= 15 is 0 Å². The largest absolute Gasteiger partial charge is 0.462 e. The van der Waals surface area contributed by atoms with Crippen LogP contribution in [-0.4, -0.2) is 84.1 Å². The Labute approximate surface area is 202 Å². The molecule has 0 saturated carbocycles. The maximum absolute atomic E-state index is 12.8. The van der Waals surface area contributed by atoms with E-state index in [9.17, 15) is 14.4 Å². The van der Waals surface area contributed by atoms with Gasteiger partial charge in [-0.1, -0.05) is 19.0 Å². The maximum atomic E-state index is 12.8. The molecule has 0 radical (unpaired) electrons. The molecule has 12 heteroatoms. The predicted molar refractivity (Wildman–Crippen MR) is 127 cm³/mol. The smallest absolute Gasteiger partial charge is 0.341 e. The molecule has 3 heterocycles. The van der Waals surface area contributed by atoms with E-state index in [1.165, 1.54) is 7.05 Å². The van der Waals surface area contributed by atoms with Crippen LogP contribution in [0.15, 0.2) is 4.52 Å². The molecule has 0 aromatic carbocycles. The summed E-state index contributed by atoms with van der Waals surface area (Å²) in [6.45, 7) is 11.3. The average Bonchev–Trinajstić information content (AvgIpc) is 3.39. The topological polar surface area (TPSA) is 130 Å². The third-order valence-electron chi connectivity index (χ3n) is 5.50. The molecule has 1 saturated heterocycles. The van der Waals surface area contributed by atoms with Crippen LogP contribution in [0.2, 0.25) is 0 Å². The van der Waals surface area contributed by atoms with E-state index in [0.29, 0.717) is 46.8 Å². The number of thiophene rings is 1. The van der Waals surface area contributed by atoms with Gasteiger partial charge in [-0.15, -0.1) is 11.3 Å². The summed E-state index contributed by atoms with van der Waals surface area (Å²) >= 11 is 1.07. The molecule has 0 bridgehead atoms. The first kappa shape index (κ1) is 25.8. The minimum atomic E-state index is -0.558. The van der Waals surface area contributed by atoms with Crippen molar-refractivity contribution >= 4 is 34.1 Å². The average molecular weight is 493 g/mol. The van der Waals surface area contributed by atoms with Crippen LogP contribution < -0.4 is 10.6 Å². The number of piperazine rings is 1. The van der Waals surface area contributed by atoms with Gasteiger partial charge in [-0.3, -0.25) is 19.4 Å². The molecule has 1 aliphatic rings. The monoisotopic (exact) mass is 492 g/mol. The summed E-state index contributed by atoms with van der Waals surface area (Å²) in [6.07, 6.45) is 0. The normalized spacial score (nSPS) is 14.9. The van der Waals surface area contributed by atoms with E-state index in [1.54, 1.807) is 13.8 Å².